The van der Waals surface area contributed by atoms with E-state index in [9.17, 15) is 0 Å². The smallest absolute Gasteiger partial charge is 0.140 e. The predicted molar refractivity (Wildman–Crippen MR) is 80.4 cm³/mol. The van der Waals surface area contributed by atoms with Crippen LogP contribution in [0.25, 0.3) is 22.4 Å². The van der Waals surface area contributed by atoms with Crippen LogP contribution in [0.15, 0.2) is 36.4 Å². The number of nitrogens with zero attached hydrogens (tertiary/aromatic N) is 2. The van der Waals surface area contributed by atoms with Gasteiger partial charge in [0.25, 0.3) is 0 Å². The van der Waals surface area contributed by atoms with Crippen LogP contribution in [0.3, 0.4) is 0 Å². The number of imidazole rings is 1. The van der Waals surface area contributed by atoms with Gasteiger partial charge in [-0.15, -0.1) is 0 Å². The van der Waals surface area contributed by atoms with Gasteiger partial charge in [-0.3, -0.25) is 0 Å². The van der Waals surface area contributed by atoms with E-state index in [0.29, 0.717) is 0 Å². The van der Waals surface area contributed by atoms with Crippen LogP contribution >= 0.6 is 0 Å². The standard InChI is InChI=1S/C17H18N2/c1-11-9-14(10-12(2)13(11)3)17-18-15-7-5-6-8-16(15)19(17)4/h5-10H,1-4H3. The molecule has 0 aliphatic heterocycles. The molecule has 0 bridgehead atoms. The molecule has 2 aromatic carbocycles. The Morgan fingerprint density at radius 2 is 1.58 bits per heavy atom. The third kappa shape index (κ3) is 1.84. The first-order valence-corrected chi connectivity index (χ1v) is 6.57. The molecule has 0 amide bonds. The van der Waals surface area contributed by atoms with Gasteiger partial charge in [0.1, 0.15) is 5.82 Å². The number of para-hydroxylation sites is 2. The van der Waals surface area contributed by atoms with Crippen molar-refractivity contribution in [2.75, 3.05) is 0 Å². The van der Waals surface area contributed by atoms with Gasteiger partial charge in [0.2, 0.25) is 0 Å². The molecule has 0 fully saturated rings. The van der Waals surface area contributed by atoms with Crippen molar-refractivity contribution in [2.24, 2.45) is 7.05 Å². The zero-order valence-corrected chi connectivity index (χ0v) is 11.9. The van der Waals surface area contributed by atoms with Gasteiger partial charge in [-0.05, 0) is 61.7 Å². The van der Waals surface area contributed by atoms with Crippen LogP contribution < -0.4 is 0 Å². The third-order valence-corrected chi connectivity index (χ3v) is 3.97. The minimum atomic E-state index is 1.03. The maximum atomic E-state index is 4.76. The van der Waals surface area contributed by atoms with E-state index < -0.39 is 0 Å². The summed E-state index contributed by atoms with van der Waals surface area (Å²) in [6.45, 7) is 6.49. The molecule has 1 aromatic heterocycles. The molecule has 2 heteroatoms. The van der Waals surface area contributed by atoms with Gasteiger partial charge in [0.05, 0.1) is 11.0 Å². The van der Waals surface area contributed by atoms with Gasteiger partial charge in [-0.25, -0.2) is 4.98 Å². The molecule has 96 valence electrons. The Kier molecular flexibility index (Phi) is 2.67. The van der Waals surface area contributed by atoms with E-state index >= 15 is 0 Å². The highest BCUT2D eigenvalue weighted by molar-refractivity contribution is 5.80. The molecular formula is C17H18N2. The van der Waals surface area contributed by atoms with Crippen LogP contribution in [-0.4, -0.2) is 9.55 Å². The SMILES string of the molecule is Cc1cc(-c2nc3ccccc3n2C)cc(C)c1C. The fourth-order valence-corrected chi connectivity index (χ4v) is 2.57. The Morgan fingerprint density at radius 3 is 2.21 bits per heavy atom. The number of benzene rings is 2. The molecule has 0 saturated heterocycles. The average Bonchev–Trinajstić information content (AvgIpc) is 2.73. The first-order valence-electron chi connectivity index (χ1n) is 6.57. The summed E-state index contributed by atoms with van der Waals surface area (Å²) in [7, 11) is 2.08. The summed E-state index contributed by atoms with van der Waals surface area (Å²) < 4.78 is 2.17. The summed E-state index contributed by atoms with van der Waals surface area (Å²) in [4.78, 5) is 4.76. The zero-order chi connectivity index (χ0) is 13.6. The summed E-state index contributed by atoms with van der Waals surface area (Å²) in [5, 5.41) is 0. The van der Waals surface area contributed by atoms with Crippen LogP contribution in [0.5, 0.6) is 0 Å². The third-order valence-electron chi connectivity index (χ3n) is 3.97. The van der Waals surface area contributed by atoms with E-state index in [2.05, 4.69) is 62.7 Å². The molecule has 0 unspecified atom stereocenters. The van der Waals surface area contributed by atoms with E-state index in [1.165, 1.54) is 27.8 Å². The Bertz CT molecular complexity index is 743. The van der Waals surface area contributed by atoms with Crippen LogP contribution in [0.1, 0.15) is 16.7 Å². The van der Waals surface area contributed by atoms with Crippen molar-refractivity contribution in [3.05, 3.63) is 53.1 Å². The van der Waals surface area contributed by atoms with Crippen LogP contribution in [0.4, 0.5) is 0 Å². The molecular weight excluding hydrogens is 232 g/mol. The lowest BCUT2D eigenvalue weighted by Crippen LogP contribution is -1.95. The van der Waals surface area contributed by atoms with Crippen molar-refractivity contribution in [1.82, 2.24) is 9.55 Å². The van der Waals surface area contributed by atoms with Crippen molar-refractivity contribution >= 4 is 11.0 Å². The summed E-state index contributed by atoms with van der Waals surface area (Å²) >= 11 is 0. The van der Waals surface area contributed by atoms with Gasteiger partial charge in [-0.1, -0.05) is 12.1 Å². The lowest BCUT2D eigenvalue weighted by Gasteiger charge is -2.09. The molecule has 0 saturated carbocycles. The van der Waals surface area contributed by atoms with E-state index in [1.54, 1.807) is 0 Å². The highest BCUT2D eigenvalue weighted by Gasteiger charge is 2.11. The molecule has 3 aromatic rings. The van der Waals surface area contributed by atoms with E-state index in [4.69, 9.17) is 4.98 Å². The molecule has 0 radical (unpaired) electrons. The largest absolute Gasteiger partial charge is 0.327 e. The minimum absolute atomic E-state index is 1.03. The summed E-state index contributed by atoms with van der Waals surface area (Å²) in [6.07, 6.45) is 0. The van der Waals surface area contributed by atoms with Crippen molar-refractivity contribution in [1.29, 1.82) is 0 Å². The number of fused-ring (bicyclic) bond motifs is 1. The normalized spacial score (nSPS) is 11.2. The highest BCUT2D eigenvalue weighted by atomic mass is 15.1. The van der Waals surface area contributed by atoms with Crippen molar-refractivity contribution in [2.45, 2.75) is 20.8 Å². The maximum Gasteiger partial charge on any atom is 0.140 e. The molecule has 0 aliphatic carbocycles. The lowest BCUT2D eigenvalue weighted by molar-refractivity contribution is 0.958. The second-order valence-corrected chi connectivity index (χ2v) is 5.22. The number of hydrogen-bond donors (Lipinski definition) is 0. The molecule has 2 nitrogen and oxygen atoms in total. The zero-order valence-electron chi connectivity index (χ0n) is 11.9. The lowest BCUT2D eigenvalue weighted by atomic mass is 10.0. The summed E-state index contributed by atoms with van der Waals surface area (Å²) in [6, 6.07) is 12.7. The molecule has 0 atom stereocenters. The van der Waals surface area contributed by atoms with Crippen LogP contribution in [-0.2, 0) is 7.05 Å². The minimum Gasteiger partial charge on any atom is -0.327 e. The van der Waals surface area contributed by atoms with Gasteiger partial charge >= 0.3 is 0 Å². The van der Waals surface area contributed by atoms with E-state index in [0.717, 1.165) is 11.3 Å². The highest BCUT2D eigenvalue weighted by Crippen LogP contribution is 2.26. The van der Waals surface area contributed by atoms with E-state index in [1.807, 2.05) is 6.07 Å². The molecule has 19 heavy (non-hydrogen) atoms. The van der Waals surface area contributed by atoms with Crippen LogP contribution in [0, 0.1) is 20.8 Å². The molecule has 1 heterocycles. The number of aryl methyl sites for hydroxylation is 3. The monoisotopic (exact) mass is 250 g/mol. The van der Waals surface area contributed by atoms with E-state index in [-0.39, 0.29) is 0 Å². The van der Waals surface area contributed by atoms with Gasteiger partial charge in [0.15, 0.2) is 0 Å². The van der Waals surface area contributed by atoms with Crippen molar-refractivity contribution in [3.8, 4) is 11.4 Å². The topological polar surface area (TPSA) is 17.8 Å². The second kappa shape index (κ2) is 4.23. The molecule has 3 rings (SSSR count). The van der Waals surface area contributed by atoms with Crippen molar-refractivity contribution in [3.63, 3.8) is 0 Å². The number of hydrogen-bond acceptors (Lipinski definition) is 1. The fourth-order valence-electron chi connectivity index (χ4n) is 2.57. The summed E-state index contributed by atoms with van der Waals surface area (Å²) in [5.74, 6) is 1.03. The number of rotatable bonds is 1. The predicted octanol–water partition coefficient (Wildman–Crippen LogP) is 4.17. The van der Waals surface area contributed by atoms with Crippen molar-refractivity contribution < 1.29 is 0 Å². The Hall–Kier alpha value is -2.09. The Morgan fingerprint density at radius 1 is 0.947 bits per heavy atom. The fraction of sp³-hybridized carbons (Fsp3) is 0.235. The molecule has 0 N–H and O–H groups in total. The molecule has 0 spiro atoms. The maximum absolute atomic E-state index is 4.76. The average molecular weight is 250 g/mol. The second-order valence-electron chi connectivity index (χ2n) is 5.22. The van der Waals surface area contributed by atoms with Crippen LogP contribution in [0.2, 0.25) is 0 Å². The van der Waals surface area contributed by atoms with Gasteiger partial charge in [-0.2, -0.15) is 0 Å². The Labute approximate surface area is 113 Å². The first kappa shape index (κ1) is 12.0. The number of aromatic nitrogens is 2. The molecule has 0 aliphatic rings. The first-order chi connectivity index (χ1) is 9.08. The van der Waals surface area contributed by atoms with Gasteiger partial charge < -0.3 is 4.57 Å². The van der Waals surface area contributed by atoms with Gasteiger partial charge in [0, 0.05) is 12.6 Å². The summed E-state index contributed by atoms with van der Waals surface area (Å²) in [5.41, 5.74) is 7.43. The Balaban J connectivity index is 2.27. The quantitative estimate of drug-likeness (QED) is 0.634.